The molecule has 4 nitrogen and oxygen atoms in total. The van der Waals surface area contributed by atoms with Gasteiger partial charge in [-0.3, -0.25) is 4.79 Å². The second kappa shape index (κ2) is 7.09. The van der Waals surface area contributed by atoms with Crippen LogP contribution in [0.4, 0.5) is 4.39 Å². The topological polar surface area (TPSA) is 46.9 Å². The van der Waals surface area contributed by atoms with Gasteiger partial charge in [0.25, 0.3) is 5.91 Å². The summed E-state index contributed by atoms with van der Waals surface area (Å²) in [4.78, 5) is 17.0. The van der Waals surface area contributed by atoms with Crippen LogP contribution in [0, 0.1) is 5.82 Å². The fourth-order valence-electron chi connectivity index (χ4n) is 2.74. The van der Waals surface area contributed by atoms with Crippen LogP contribution >= 0.6 is 11.3 Å². The van der Waals surface area contributed by atoms with Crippen LogP contribution in [0.5, 0.6) is 0 Å². The van der Waals surface area contributed by atoms with Gasteiger partial charge in [-0.05, 0) is 54.4 Å². The minimum atomic E-state index is -0.261. The SMILES string of the molecule is O=C(NCCc1cccc(F)c1)c1ccc2nc(-n3cccc3)sc2c1. The Hall–Kier alpha value is -2.99. The molecule has 0 saturated heterocycles. The highest BCUT2D eigenvalue weighted by molar-refractivity contribution is 7.20. The molecular weight excluding hydrogens is 349 g/mol. The number of aromatic nitrogens is 2. The van der Waals surface area contributed by atoms with E-state index < -0.39 is 0 Å². The Kier molecular flexibility index (Phi) is 4.50. The van der Waals surface area contributed by atoms with E-state index in [0.29, 0.717) is 18.5 Å². The van der Waals surface area contributed by atoms with Crippen molar-refractivity contribution >= 4 is 27.5 Å². The zero-order valence-electron chi connectivity index (χ0n) is 13.9. The fourth-order valence-corrected chi connectivity index (χ4v) is 3.71. The highest BCUT2D eigenvalue weighted by atomic mass is 32.1. The molecule has 4 rings (SSSR count). The summed E-state index contributed by atoms with van der Waals surface area (Å²) in [6, 6.07) is 15.8. The van der Waals surface area contributed by atoms with E-state index in [4.69, 9.17) is 0 Å². The summed E-state index contributed by atoms with van der Waals surface area (Å²) in [6.45, 7) is 0.456. The second-order valence-corrected chi connectivity index (χ2v) is 6.91. The number of nitrogens with zero attached hydrogens (tertiary/aromatic N) is 2. The molecule has 2 aromatic carbocycles. The summed E-state index contributed by atoms with van der Waals surface area (Å²) >= 11 is 1.54. The van der Waals surface area contributed by atoms with E-state index >= 15 is 0 Å². The molecular formula is C20H16FN3OS. The number of carbonyl (C=O) groups is 1. The van der Waals surface area contributed by atoms with Crippen molar-refractivity contribution < 1.29 is 9.18 Å². The third-order valence-corrected chi connectivity index (χ3v) is 5.08. The summed E-state index contributed by atoms with van der Waals surface area (Å²) in [6.07, 6.45) is 4.47. The number of amides is 1. The smallest absolute Gasteiger partial charge is 0.251 e. The van der Waals surface area contributed by atoms with E-state index in [0.717, 1.165) is 20.9 Å². The first-order chi connectivity index (χ1) is 12.7. The maximum absolute atomic E-state index is 13.2. The number of thiazole rings is 1. The lowest BCUT2D eigenvalue weighted by molar-refractivity contribution is 0.0954. The number of nitrogens with one attached hydrogen (secondary N) is 1. The van der Waals surface area contributed by atoms with Gasteiger partial charge < -0.3 is 9.88 Å². The standard InChI is InChI=1S/C20H16FN3OS/c21-16-5-3-4-14(12-16)8-9-22-19(25)15-6-7-17-18(13-15)26-20(23-17)24-10-1-2-11-24/h1-7,10-13H,8-9H2,(H,22,25). The molecule has 0 radical (unpaired) electrons. The van der Waals surface area contributed by atoms with Crippen LogP contribution in [0.2, 0.25) is 0 Å². The number of carbonyl (C=O) groups excluding carboxylic acids is 1. The molecule has 2 aromatic heterocycles. The van der Waals surface area contributed by atoms with Gasteiger partial charge in [0, 0.05) is 24.5 Å². The number of fused-ring (bicyclic) bond motifs is 1. The van der Waals surface area contributed by atoms with E-state index in [2.05, 4.69) is 10.3 Å². The molecule has 0 aliphatic carbocycles. The Morgan fingerprint density at radius 2 is 1.96 bits per heavy atom. The molecule has 0 fully saturated rings. The summed E-state index contributed by atoms with van der Waals surface area (Å²) in [7, 11) is 0. The minimum Gasteiger partial charge on any atom is -0.352 e. The van der Waals surface area contributed by atoms with Crippen LogP contribution in [-0.2, 0) is 6.42 Å². The molecule has 2 heterocycles. The van der Waals surface area contributed by atoms with Crippen LogP contribution in [0.1, 0.15) is 15.9 Å². The largest absolute Gasteiger partial charge is 0.352 e. The maximum Gasteiger partial charge on any atom is 0.251 e. The summed E-state index contributed by atoms with van der Waals surface area (Å²) in [5, 5.41) is 3.75. The van der Waals surface area contributed by atoms with Crippen LogP contribution < -0.4 is 5.32 Å². The lowest BCUT2D eigenvalue weighted by Gasteiger charge is -2.05. The first-order valence-electron chi connectivity index (χ1n) is 8.26. The van der Waals surface area contributed by atoms with Gasteiger partial charge in [0.1, 0.15) is 5.82 Å². The third-order valence-electron chi connectivity index (χ3n) is 4.05. The molecule has 130 valence electrons. The average Bonchev–Trinajstić information content (AvgIpc) is 3.30. The summed E-state index contributed by atoms with van der Waals surface area (Å²) in [5.74, 6) is -0.401. The molecule has 0 bridgehead atoms. The lowest BCUT2D eigenvalue weighted by Crippen LogP contribution is -2.25. The van der Waals surface area contributed by atoms with Crippen LogP contribution in [0.25, 0.3) is 15.3 Å². The van der Waals surface area contributed by atoms with Crippen LogP contribution in [0.15, 0.2) is 67.0 Å². The Balaban J connectivity index is 1.45. The Bertz CT molecular complexity index is 1060. The van der Waals surface area contributed by atoms with Crippen molar-refractivity contribution in [1.82, 2.24) is 14.9 Å². The summed E-state index contributed by atoms with van der Waals surface area (Å²) in [5.41, 5.74) is 2.33. The number of benzene rings is 2. The Morgan fingerprint density at radius 1 is 1.12 bits per heavy atom. The minimum absolute atomic E-state index is 0.140. The average molecular weight is 365 g/mol. The number of halogens is 1. The van der Waals surface area contributed by atoms with E-state index in [1.807, 2.05) is 47.3 Å². The monoisotopic (exact) mass is 365 g/mol. The van der Waals surface area contributed by atoms with Gasteiger partial charge in [-0.25, -0.2) is 9.37 Å². The fraction of sp³-hybridized carbons (Fsp3) is 0.100. The van der Waals surface area contributed by atoms with Gasteiger partial charge >= 0.3 is 0 Å². The number of rotatable bonds is 5. The van der Waals surface area contributed by atoms with E-state index in [1.54, 1.807) is 12.1 Å². The summed E-state index contributed by atoms with van der Waals surface area (Å²) < 4.78 is 16.1. The molecule has 1 N–H and O–H groups in total. The first-order valence-corrected chi connectivity index (χ1v) is 9.07. The van der Waals surface area contributed by atoms with E-state index in [1.165, 1.54) is 23.5 Å². The molecule has 1 amide bonds. The molecule has 0 spiro atoms. The molecule has 0 atom stereocenters. The molecule has 0 aliphatic rings. The molecule has 6 heteroatoms. The van der Waals surface area contributed by atoms with Crippen molar-refractivity contribution in [2.24, 2.45) is 0 Å². The van der Waals surface area contributed by atoms with Crippen molar-refractivity contribution in [2.45, 2.75) is 6.42 Å². The van der Waals surface area contributed by atoms with E-state index in [-0.39, 0.29) is 11.7 Å². The van der Waals surface area contributed by atoms with Crippen molar-refractivity contribution in [3.63, 3.8) is 0 Å². The molecule has 4 aromatic rings. The van der Waals surface area contributed by atoms with Crippen molar-refractivity contribution in [3.05, 3.63) is 83.9 Å². The normalized spacial score (nSPS) is 11.0. The first kappa shape index (κ1) is 16.5. The molecule has 0 aliphatic heterocycles. The molecule has 0 saturated carbocycles. The van der Waals surface area contributed by atoms with Crippen molar-refractivity contribution in [3.8, 4) is 5.13 Å². The van der Waals surface area contributed by atoms with Crippen molar-refractivity contribution in [1.29, 1.82) is 0 Å². The predicted molar refractivity (Wildman–Crippen MR) is 101 cm³/mol. The predicted octanol–water partition coefficient (Wildman–Crippen LogP) is 4.20. The second-order valence-electron chi connectivity index (χ2n) is 5.91. The van der Waals surface area contributed by atoms with Gasteiger partial charge in [-0.15, -0.1) is 0 Å². The van der Waals surface area contributed by atoms with Gasteiger partial charge in [0.15, 0.2) is 5.13 Å². The van der Waals surface area contributed by atoms with Crippen LogP contribution in [-0.4, -0.2) is 22.0 Å². The number of hydrogen-bond donors (Lipinski definition) is 1. The molecule has 26 heavy (non-hydrogen) atoms. The van der Waals surface area contributed by atoms with Gasteiger partial charge in [0.2, 0.25) is 0 Å². The maximum atomic E-state index is 13.2. The highest BCUT2D eigenvalue weighted by Gasteiger charge is 2.10. The van der Waals surface area contributed by atoms with Crippen molar-refractivity contribution in [2.75, 3.05) is 6.54 Å². The van der Waals surface area contributed by atoms with Gasteiger partial charge in [-0.2, -0.15) is 0 Å². The van der Waals surface area contributed by atoms with E-state index in [9.17, 15) is 9.18 Å². The highest BCUT2D eigenvalue weighted by Crippen LogP contribution is 2.26. The van der Waals surface area contributed by atoms with Gasteiger partial charge in [-0.1, -0.05) is 23.5 Å². The Morgan fingerprint density at radius 3 is 2.77 bits per heavy atom. The molecule has 0 unspecified atom stereocenters. The third kappa shape index (κ3) is 3.50. The van der Waals surface area contributed by atoms with Crippen LogP contribution in [0.3, 0.4) is 0 Å². The number of hydrogen-bond acceptors (Lipinski definition) is 3. The Labute approximate surface area is 153 Å². The zero-order chi connectivity index (χ0) is 17.9. The zero-order valence-corrected chi connectivity index (χ0v) is 14.7. The lowest BCUT2D eigenvalue weighted by atomic mass is 10.1. The van der Waals surface area contributed by atoms with Gasteiger partial charge in [0.05, 0.1) is 10.2 Å². The quantitative estimate of drug-likeness (QED) is 0.576.